The lowest BCUT2D eigenvalue weighted by atomic mass is 9.46. The van der Waals surface area contributed by atoms with Crippen molar-refractivity contribution in [3.63, 3.8) is 0 Å². The van der Waals surface area contributed by atoms with Crippen LogP contribution in [0.15, 0.2) is 16.8 Å². The molecule has 6 atom stereocenters. The molecule has 1 N–H and O–H groups in total. The minimum atomic E-state index is -0.996. The minimum Gasteiger partial charge on any atom is -0.479 e. The number of hydrogen-bond acceptors (Lipinski definition) is 4. The summed E-state index contributed by atoms with van der Waals surface area (Å²) in [5.41, 5.74) is 2.77. The van der Waals surface area contributed by atoms with E-state index in [1.165, 1.54) is 31.3 Å². The molecule has 0 radical (unpaired) electrons. The van der Waals surface area contributed by atoms with E-state index in [2.05, 4.69) is 25.1 Å². The zero-order valence-electron chi connectivity index (χ0n) is 17.4. The highest BCUT2D eigenvalue weighted by molar-refractivity contribution is 5.96. The number of carbonyl (C=O) groups is 2. The Balaban J connectivity index is 1.55. The Kier molecular flexibility index (Phi) is 4.91. The van der Waals surface area contributed by atoms with Crippen molar-refractivity contribution >= 4 is 17.5 Å². The fourth-order valence-electron chi connectivity index (χ4n) is 7.48. The Morgan fingerprint density at radius 1 is 1.14 bits per heavy atom. The topological polar surface area (TPSA) is 76.0 Å². The van der Waals surface area contributed by atoms with Gasteiger partial charge in [0.1, 0.15) is 5.78 Å². The number of carboxylic acid groups (broad SMARTS) is 1. The Bertz CT molecular complexity index is 741. The van der Waals surface area contributed by atoms with Crippen LogP contribution < -0.4 is 0 Å². The summed E-state index contributed by atoms with van der Waals surface area (Å²) in [6, 6.07) is 0. The first-order valence-corrected chi connectivity index (χ1v) is 10.9. The average molecular weight is 388 g/mol. The van der Waals surface area contributed by atoms with Crippen molar-refractivity contribution in [2.75, 3.05) is 6.61 Å². The van der Waals surface area contributed by atoms with Crippen LogP contribution in [0.2, 0.25) is 0 Å². The van der Waals surface area contributed by atoms with Crippen molar-refractivity contribution in [3.8, 4) is 0 Å². The zero-order valence-corrected chi connectivity index (χ0v) is 17.4. The van der Waals surface area contributed by atoms with Gasteiger partial charge in [0.05, 0.1) is 5.71 Å². The van der Waals surface area contributed by atoms with E-state index in [1.54, 1.807) is 6.92 Å². The van der Waals surface area contributed by atoms with Gasteiger partial charge in [0, 0.05) is 5.92 Å². The van der Waals surface area contributed by atoms with E-state index in [4.69, 9.17) is 9.94 Å². The lowest BCUT2D eigenvalue weighted by Gasteiger charge is -2.58. The Morgan fingerprint density at radius 2 is 1.93 bits per heavy atom. The quantitative estimate of drug-likeness (QED) is 0.715. The molecule has 5 heteroatoms. The van der Waals surface area contributed by atoms with E-state index in [0.717, 1.165) is 37.3 Å². The van der Waals surface area contributed by atoms with Crippen LogP contribution in [0.4, 0.5) is 0 Å². The number of carboxylic acids is 1. The highest BCUT2D eigenvalue weighted by atomic mass is 16.6. The highest BCUT2D eigenvalue weighted by Crippen LogP contribution is 2.66. The number of ketones is 1. The van der Waals surface area contributed by atoms with Crippen LogP contribution in [-0.2, 0) is 14.4 Å². The molecule has 0 aromatic rings. The maximum absolute atomic E-state index is 12.3. The molecular formula is C23H33NO4. The number of nitrogens with zero attached hydrogens (tertiary/aromatic N) is 1. The molecule has 0 unspecified atom stereocenters. The van der Waals surface area contributed by atoms with Gasteiger partial charge in [-0.25, -0.2) is 4.79 Å². The number of fused-ring (bicyclic) bond motifs is 5. The lowest BCUT2D eigenvalue weighted by Crippen LogP contribution is -2.51. The second kappa shape index (κ2) is 7.00. The first-order chi connectivity index (χ1) is 13.3. The summed E-state index contributed by atoms with van der Waals surface area (Å²) >= 11 is 0. The summed E-state index contributed by atoms with van der Waals surface area (Å²) in [5, 5.41) is 12.8. The second-order valence-corrected chi connectivity index (χ2v) is 10.0. The van der Waals surface area contributed by atoms with Crippen LogP contribution >= 0.6 is 0 Å². The molecule has 0 aromatic carbocycles. The lowest BCUT2D eigenvalue weighted by molar-refractivity contribution is -0.142. The number of rotatable bonds is 4. The SMILES string of the molecule is CC(=O)[C@@H]1CC[C@@H]2[C@H]3CCC4=C/C(=N/OCC(=O)O)CC[C@]4(C)[C@@H]3CC[C@@]21C. The Labute approximate surface area is 167 Å². The zero-order chi connectivity index (χ0) is 20.1. The van der Waals surface area contributed by atoms with Crippen molar-refractivity contribution < 1.29 is 19.5 Å². The normalized spacial score (nSPS) is 43.5. The smallest absolute Gasteiger partial charge is 0.344 e. The van der Waals surface area contributed by atoms with Gasteiger partial charge in [0.25, 0.3) is 0 Å². The summed E-state index contributed by atoms with van der Waals surface area (Å²) in [6.45, 7) is 6.24. The Hall–Kier alpha value is -1.65. The maximum atomic E-state index is 12.3. The summed E-state index contributed by atoms with van der Waals surface area (Å²) < 4.78 is 0. The summed E-state index contributed by atoms with van der Waals surface area (Å²) in [4.78, 5) is 27.8. The molecule has 5 nitrogen and oxygen atoms in total. The maximum Gasteiger partial charge on any atom is 0.344 e. The molecule has 154 valence electrons. The monoisotopic (exact) mass is 387 g/mol. The first-order valence-electron chi connectivity index (χ1n) is 10.9. The molecule has 28 heavy (non-hydrogen) atoms. The van der Waals surface area contributed by atoms with Gasteiger partial charge in [-0.2, -0.15) is 0 Å². The van der Waals surface area contributed by atoms with E-state index in [-0.39, 0.29) is 23.4 Å². The number of carbonyl (C=O) groups excluding carboxylic acids is 1. The summed E-state index contributed by atoms with van der Waals surface area (Å²) in [6.07, 6.45) is 11.1. The largest absolute Gasteiger partial charge is 0.479 e. The van der Waals surface area contributed by atoms with Crippen molar-refractivity contribution in [2.45, 2.75) is 72.1 Å². The molecule has 3 saturated carbocycles. The number of Topliss-reactive ketones (excluding diaryl/α,β-unsaturated/α-hetero) is 1. The van der Waals surface area contributed by atoms with Gasteiger partial charge in [0.2, 0.25) is 6.61 Å². The van der Waals surface area contributed by atoms with Gasteiger partial charge in [0.15, 0.2) is 0 Å². The van der Waals surface area contributed by atoms with Crippen LogP contribution in [-0.4, -0.2) is 29.2 Å². The molecule has 3 fully saturated rings. The van der Waals surface area contributed by atoms with E-state index in [1.807, 2.05) is 0 Å². The van der Waals surface area contributed by atoms with Gasteiger partial charge >= 0.3 is 5.97 Å². The highest BCUT2D eigenvalue weighted by Gasteiger charge is 2.59. The summed E-state index contributed by atoms with van der Waals surface area (Å²) in [5.74, 6) is 1.77. The predicted molar refractivity (Wildman–Crippen MR) is 107 cm³/mol. The molecule has 0 amide bonds. The molecule has 0 aliphatic heterocycles. The molecule has 0 spiro atoms. The van der Waals surface area contributed by atoms with Crippen LogP contribution in [0.1, 0.15) is 72.1 Å². The third-order valence-corrected chi connectivity index (χ3v) is 8.84. The molecular weight excluding hydrogens is 354 g/mol. The van der Waals surface area contributed by atoms with E-state index >= 15 is 0 Å². The third kappa shape index (κ3) is 3.02. The van der Waals surface area contributed by atoms with Crippen molar-refractivity contribution in [2.24, 2.45) is 39.7 Å². The van der Waals surface area contributed by atoms with E-state index in [9.17, 15) is 9.59 Å². The van der Waals surface area contributed by atoms with Crippen molar-refractivity contribution in [1.82, 2.24) is 0 Å². The predicted octanol–water partition coefficient (Wildman–Crippen LogP) is 4.61. The number of oxime groups is 1. The van der Waals surface area contributed by atoms with Crippen LogP contribution in [0.3, 0.4) is 0 Å². The number of aliphatic carboxylic acids is 1. The fraction of sp³-hybridized carbons (Fsp3) is 0.783. The molecule has 0 bridgehead atoms. The van der Waals surface area contributed by atoms with Crippen LogP contribution in [0, 0.1) is 34.5 Å². The van der Waals surface area contributed by atoms with Gasteiger partial charge in [-0.1, -0.05) is 24.6 Å². The van der Waals surface area contributed by atoms with Gasteiger partial charge < -0.3 is 9.94 Å². The minimum absolute atomic E-state index is 0.205. The summed E-state index contributed by atoms with van der Waals surface area (Å²) in [7, 11) is 0. The molecule has 4 rings (SSSR count). The van der Waals surface area contributed by atoms with E-state index in [0.29, 0.717) is 17.6 Å². The number of allylic oxidation sites excluding steroid dienone is 2. The molecule has 4 aliphatic carbocycles. The number of hydrogen-bond donors (Lipinski definition) is 1. The van der Waals surface area contributed by atoms with Crippen molar-refractivity contribution in [1.29, 1.82) is 0 Å². The van der Waals surface area contributed by atoms with Crippen molar-refractivity contribution in [3.05, 3.63) is 11.6 Å². The van der Waals surface area contributed by atoms with Crippen LogP contribution in [0.25, 0.3) is 0 Å². The van der Waals surface area contributed by atoms with Gasteiger partial charge in [-0.3, -0.25) is 4.79 Å². The molecule has 0 heterocycles. The standard InChI is InChI=1S/C23H33NO4/c1-14(25)18-6-7-19-17-5-4-15-12-16(24-28-13-21(26)27)8-10-22(15,2)20(17)9-11-23(18,19)3/h12,17-20H,4-11,13H2,1-3H3,(H,26,27)/b24-16+/t17-,18+,19-,20-,22+,23-/m1/s1. The third-order valence-electron chi connectivity index (χ3n) is 8.84. The Morgan fingerprint density at radius 3 is 2.64 bits per heavy atom. The molecule has 0 aromatic heterocycles. The fourth-order valence-corrected chi connectivity index (χ4v) is 7.48. The second-order valence-electron chi connectivity index (χ2n) is 10.0. The molecule has 0 saturated heterocycles. The van der Waals surface area contributed by atoms with Gasteiger partial charge in [-0.15, -0.1) is 0 Å². The van der Waals surface area contributed by atoms with E-state index < -0.39 is 5.97 Å². The first kappa shape index (κ1) is 19.7. The molecule has 4 aliphatic rings. The van der Waals surface area contributed by atoms with Crippen LogP contribution in [0.5, 0.6) is 0 Å². The average Bonchev–Trinajstić information content (AvgIpc) is 2.99. The van der Waals surface area contributed by atoms with Gasteiger partial charge in [-0.05, 0) is 93.0 Å².